The second-order valence-corrected chi connectivity index (χ2v) is 6.30. The van der Waals surface area contributed by atoms with Crippen molar-refractivity contribution in [3.8, 4) is 0 Å². The van der Waals surface area contributed by atoms with Gasteiger partial charge in [-0.05, 0) is 24.3 Å². The summed E-state index contributed by atoms with van der Waals surface area (Å²) in [6.45, 7) is -0.857. The Bertz CT molecular complexity index is 931. The lowest BCUT2D eigenvalue weighted by Crippen LogP contribution is -2.37. The zero-order valence-corrected chi connectivity index (χ0v) is 16.6. The first kappa shape index (κ1) is 21.9. The smallest absolute Gasteiger partial charge is 0.339 e. The van der Waals surface area contributed by atoms with E-state index in [2.05, 4.69) is 10.1 Å². The summed E-state index contributed by atoms with van der Waals surface area (Å²) >= 11 is 5.97. The van der Waals surface area contributed by atoms with E-state index in [0.29, 0.717) is 10.7 Å². The summed E-state index contributed by atoms with van der Waals surface area (Å²) in [5.41, 5.74) is 0.428. The Morgan fingerprint density at radius 1 is 0.966 bits per heavy atom. The van der Waals surface area contributed by atoms with Gasteiger partial charge in [0.15, 0.2) is 6.61 Å². The third-order valence-electron chi connectivity index (χ3n) is 3.83. The molecule has 0 atom stereocenters. The van der Waals surface area contributed by atoms with Crippen LogP contribution in [0, 0.1) is 0 Å². The number of ether oxygens (including phenoxy) is 2. The lowest BCUT2D eigenvalue weighted by molar-refractivity contribution is -0.136. The molecule has 0 saturated heterocycles. The maximum absolute atomic E-state index is 12.2. The summed E-state index contributed by atoms with van der Waals surface area (Å²) in [5, 5.41) is 2.96. The van der Waals surface area contributed by atoms with Crippen LogP contribution in [0.4, 0.5) is 5.69 Å². The minimum Gasteiger partial charge on any atom is -0.465 e. The molecule has 152 valence electrons. The van der Waals surface area contributed by atoms with Gasteiger partial charge in [0.2, 0.25) is 5.91 Å². The predicted molar refractivity (Wildman–Crippen MR) is 106 cm³/mol. The molecule has 0 bridgehead atoms. The third-order valence-corrected chi connectivity index (χ3v) is 4.16. The van der Waals surface area contributed by atoms with E-state index >= 15 is 0 Å². The van der Waals surface area contributed by atoms with Crippen molar-refractivity contribution >= 4 is 41.0 Å². The molecule has 2 rings (SSSR count). The van der Waals surface area contributed by atoms with Gasteiger partial charge in [-0.1, -0.05) is 35.9 Å². The fourth-order valence-electron chi connectivity index (χ4n) is 2.32. The van der Waals surface area contributed by atoms with E-state index in [-0.39, 0.29) is 17.7 Å². The molecule has 1 N–H and O–H groups in total. The van der Waals surface area contributed by atoms with Crippen LogP contribution in [0.1, 0.15) is 20.7 Å². The fraction of sp³-hybridized carbons (Fsp3) is 0.200. The Morgan fingerprint density at radius 2 is 1.55 bits per heavy atom. The molecule has 2 amide bonds. The average molecular weight is 419 g/mol. The number of halogens is 1. The number of carbonyl (C=O) groups is 4. The Hall–Kier alpha value is -3.39. The van der Waals surface area contributed by atoms with Crippen LogP contribution in [-0.4, -0.2) is 56.0 Å². The van der Waals surface area contributed by atoms with Crippen molar-refractivity contribution in [2.75, 3.05) is 32.6 Å². The highest BCUT2D eigenvalue weighted by Gasteiger charge is 2.20. The van der Waals surface area contributed by atoms with Crippen molar-refractivity contribution in [1.82, 2.24) is 4.90 Å². The van der Waals surface area contributed by atoms with Crippen molar-refractivity contribution < 1.29 is 28.7 Å². The van der Waals surface area contributed by atoms with Crippen LogP contribution < -0.4 is 5.32 Å². The number of para-hydroxylation sites is 1. The minimum atomic E-state index is -0.853. The molecule has 0 heterocycles. The van der Waals surface area contributed by atoms with Gasteiger partial charge < -0.3 is 19.7 Å². The van der Waals surface area contributed by atoms with E-state index in [1.54, 1.807) is 36.4 Å². The van der Waals surface area contributed by atoms with E-state index < -0.39 is 30.4 Å². The van der Waals surface area contributed by atoms with Crippen molar-refractivity contribution in [2.45, 2.75) is 0 Å². The van der Waals surface area contributed by atoms with Crippen LogP contribution >= 0.6 is 11.6 Å². The highest BCUT2D eigenvalue weighted by Crippen LogP contribution is 2.20. The molecule has 0 aliphatic rings. The number of nitrogens with zero attached hydrogens (tertiary/aromatic N) is 1. The molecular formula is C20H19ClN2O6. The van der Waals surface area contributed by atoms with Gasteiger partial charge in [-0.2, -0.15) is 0 Å². The average Bonchev–Trinajstić information content (AvgIpc) is 2.72. The molecule has 0 saturated carbocycles. The summed E-state index contributed by atoms with van der Waals surface area (Å²) in [4.78, 5) is 49.3. The van der Waals surface area contributed by atoms with Gasteiger partial charge in [0.1, 0.15) is 0 Å². The van der Waals surface area contributed by atoms with Crippen LogP contribution in [0.15, 0.2) is 48.5 Å². The number of anilines is 1. The highest BCUT2D eigenvalue weighted by molar-refractivity contribution is 6.33. The first-order valence-corrected chi connectivity index (χ1v) is 8.84. The van der Waals surface area contributed by atoms with Crippen LogP contribution in [0.25, 0.3) is 0 Å². The van der Waals surface area contributed by atoms with Gasteiger partial charge in [-0.15, -0.1) is 0 Å². The molecule has 0 aromatic heterocycles. The molecule has 9 heteroatoms. The second kappa shape index (κ2) is 10.2. The van der Waals surface area contributed by atoms with E-state index in [1.807, 2.05) is 0 Å². The third kappa shape index (κ3) is 6.05. The molecule has 2 aromatic carbocycles. The van der Waals surface area contributed by atoms with E-state index in [1.165, 1.54) is 26.3 Å². The lowest BCUT2D eigenvalue weighted by Gasteiger charge is -2.17. The zero-order chi connectivity index (χ0) is 21.4. The Morgan fingerprint density at radius 3 is 2.17 bits per heavy atom. The molecule has 0 aliphatic carbocycles. The number of nitrogens with one attached hydrogen (secondary N) is 1. The van der Waals surface area contributed by atoms with E-state index in [4.69, 9.17) is 16.3 Å². The van der Waals surface area contributed by atoms with Gasteiger partial charge in [-0.25, -0.2) is 9.59 Å². The number of rotatable bonds is 7. The van der Waals surface area contributed by atoms with Crippen molar-refractivity contribution in [3.05, 3.63) is 64.7 Å². The molecular weight excluding hydrogens is 400 g/mol. The number of amides is 2. The molecule has 0 unspecified atom stereocenters. The monoisotopic (exact) mass is 418 g/mol. The highest BCUT2D eigenvalue weighted by atomic mass is 35.5. The molecule has 0 aliphatic heterocycles. The van der Waals surface area contributed by atoms with Crippen LogP contribution in [0.2, 0.25) is 5.02 Å². The minimum absolute atomic E-state index is 0.0220. The number of benzene rings is 2. The van der Waals surface area contributed by atoms with Gasteiger partial charge >= 0.3 is 11.9 Å². The summed E-state index contributed by atoms with van der Waals surface area (Å²) in [7, 11) is 2.58. The van der Waals surface area contributed by atoms with Gasteiger partial charge in [0.25, 0.3) is 5.91 Å². The van der Waals surface area contributed by atoms with Crippen molar-refractivity contribution in [1.29, 1.82) is 0 Å². The van der Waals surface area contributed by atoms with Crippen molar-refractivity contribution in [2.24, 2.45) is 0 Å². The molecule has 0 spiro atoms. The lowest BCUT2D eigenvalue weighted by atomic mass is 10.1. The molecule has 29 heavy (non-hydrogen) atoms. The second-order valence-electron chi connectivity index (χ2n) is 5.89. The van der Waals surface area contributed by atoms with Gasteiger partial charge in [0, 0.05) is 7.05 Å². The first-order valence-electron chi connectivity index (χ1n) is 8.46. The Kier molecular flexibility index (Phi) is 7.73. The standard InChI is InChI=1S/C20H19ClN2O6/c1-23(11-17(24)22-16-10-6-5-9-15(16)21)18(25)12-29-20(27)14-8-4-3-7-13(14)19(26)28-2/h3-10H,11-12H2,1-2H3,(H,22,24). The fourth-order valence-corrected chi connectivity index (χ4v) is 2.50. The van der Waals surface area contributed by atoms with Crippen LogP contribution in [-0.2, 0) is 19.1 Å². The van der Waals surface area contributed by atoms with Crippen molar-refractivity contribution in [3.63, 3.8) is 0 Å². The van der Waals surface area contributed by atoms with Gasteiger partial charge in [-0.3, -0.25) is 9.59 Å². The van der Waals surface area contributed by atoms with Crippen LogP contribution in [0.3, 0.4) is 0 Å². The van der Waals surface area contributed by atoms with E-state index in [0.717, 1.165) is 4.90 Å². The molecule has 0 fully saturated rings. The predicted octanol–water partition coefficient (Wildman–Crippen LogP) is 2.38. The summed E-state index contributed by atoms with van der Waals surface area (Å²) in [5.74, 6) is -2.61. The SMILES string of the molecule is COC(=O)c1ccccc1C(=O)OCC(=O)N(C)CC(=O)Nc1ccccc1Cl. The number of esters is 2. The summed E-state index contributed by atoms with van der Waals surface area (Å²) < 4.78 is 9.59. The Labute approximate surface area is 172 Å². The number of carbonyl (C=O) groups excluding carboxylic acids is 4. The van der Waals surface area contributed by atoms with E-state index in [9.17, 15) is 19.2 Å². The number of methoxy groups -OCH3 is 1. The molecule has 2 aromatic rings. The number of likely N-dealkylation sites (N-methyl/N-ethyl adjacent to an activating group) is 1. The number of hydrogen-bond donors (Lipinski definition) is 1. The molecule has 8 nitrogen and oxygen atoms in total. The number of hydrogen-bond acceptors (Lipinski definition) is 6. The van der Waals surface area contributed by atoms with Crippen LogP contribution in [0.5, 0.6) is 0 Å². The summed E-state index contributed by atoms with van der Waals surface area (Å²) in [6.07, 6.45) is 0. The largest absolute Gasteiger partial charge is 0.465 e. The Balaban J connectivity index is 1.90. The normalized spacial score (nSPS) is 10.0. The summed E-state index contributed by atoms with van der Waals surface area (Å²) in [6, 6.07) is 12.6. The first-order chi connectivity index (χ1) is 13.8. The maximum Gasteiger partial charge on any atom is 0.339 e. The topological polar surface area (TPSA) is 102 Å². The molecule has 0 radical (unpaired) electrons. The quantitative estimate of drug-likeness (QED) is 0.692. The maximum atomic E-state index is 12.2. The zero-order valence-electron chi connectivity index (χ0n) is 15.8. The van der Waals surface area contributed by atoms with Gasteiger partial charge in [0.05, 0.1) is 35.5 Å².